The van der Waals surface area contributed by atoms with Crippen LogP contribution in [-0.4, -0.2) is 16.2 Å². The molecule has 0 spiro atoms. The summed E-state index contributed by atoms with van der Waals surface area (Å²) in [6, 6.07) is 6.74. The van der Waals surface area contributed by atoms with Gasteiger partial charge in [0.05, 0.1) is 6.20 Å². The van der Waals surface area contributed by atoms with Crippen molar-refractivity contribution in [1.82, 2.24) is 5.16 Å². The lowest BCUT2D eigenvalue weighted by molar-refractivity contribution is 0.0697. The highest BCUT2D eigenvalue weighted by Gasteiger charge is 2.16. The maximum atomic E-state index is 10.8. The molecule has 0 unspecified atom stereocenters. The van der Waals surface area contributed by atoms with Crippen molar-refractivity contribution < 1.29 is 14.4 Å². The van der Waals surface area contributed by atoms with Gasteiger partial charge in [-0.3, -0.25) is 0 Å². The van der Waals surface area contributed by atoms with Gasteiger partial charge >= 0.3 is 5.97 Å². The molecular formula is C10H6ClNO3. The van der Waals surface area contributed by atoms with Crippen LogP contribution >= 0.6 is 11.6 Å². The van der Waals surface area contributed by atoms with Gasteiger partial charge in [-0.15, -0.1) is 0 Å². The van der Waals surface area contributed by atoms with E-state index in [1.54, 1.807) is 24.3 Å². The summed E-state index contributed by atoms with van der Waals surface area (Å²) in [6.07, 6.45) is 1.17. The highest BCUT2D eigenvalue weighted by Crippen LogP contribution is 2.25. The molecule has 2 rings (SSSR count). The lowest BCUT2D eigenvalue weighted by Gasteiger charge is -1.97. The number of benzene rings is 1. The molecule has 15 heavy (non-hydrogen) atoms. The van der Waals surface area contributed by atoms with E-state index in [0.29, 0.717) is 10.6 Å². The molecule has 4 nitrogen and oxygen atoms in total. The molecule has 1 N–H and O–H groups in total. The van der Waals surface area contributed by atoms with Gasteiger partial charge in [-0.2, -0.15) is 0 Å². The Balaban J connectivity index is 2.54. The largest absolute Gasteiger partial charge is 0.477 e. The monoisotopic (exact) mass is 223 g/mol. The van der Waals surface area contributed by atoms with E-state index in [1.807, 2.05) is 0 Å². The van der Waals surface area contributed by atoms with Crippen LogP contribution in [0.25, 0.3) is 11.3 Å². The summed E-state index contributed by atoms with van der Waals surface area (Å²) in [6.45, 7) is 0. The molecule has 1 aromatic heterocycles. The van der Waals surface area contributed by atoms with Gasteiger partial charge in [0.1, 0.15) is 5.56 Å². The SMILES string of the molecule is O=C(O)c1cnoc1-c1cccc(Cl)c1. The number of hydrogen-bond acceptors (Lipinski definition) is 3. The van der Waals surface area contributed by atoms with Gasteiger partial charge in [0.25, 0.3) is 0 Å². The van der Waals surface area contributed by atoms with Gasteiger partial charge in [0.15, 0.2) is 5.76 Å². The van der Waals surface area contributed by atoms with Crippen LogP contribution in [0.3, 0.4) is 0 Å². The van der Waals surface area contributed by atoms with E-state index < -0.39 is 5.97 Å². The molecule has 0 fully saturated rings. The molecule has 0 aliphatic carbocycles. The number of carboxylic acids is 1. The average molecular weight is 224 g/mol. The number of carboxylic acid groups (broad SMARTS) is 1. The van der Waals surface area contributed by atoms with Crippen LogP contribution in [0.15, 0.2) is 35.0 Å². The third-order valence-electron chi connectivity index (χ3n) is 1.89. The van der Waals surface area contributed by atoms with Crippen LogP contribution in [0.2, 0.25) is 5.02 Å². The molecular weight excluding hydrogens is 218 g/mol. The first-order chi connectivity index (χ1) is 7.18. The Morgan fingerprint density at radius 1 is 1.47 bits per heavy atom. The number of rotatable bonds is 2. The van der Waals surface area contributed by atoms with E-state index in [2.05, 4.69) is 5.16 Å². The molecule has 1 heterocycles. The van der Waals surface area contributed by atoms with Crippen molar-refractivity contribution in [3.05, 3.63) is 41.0 Å². The molecule has 5 heteroatoms. The van der Waals surface area contributed by atoms with Crippen LogP contribution in [0, 0.1) is 0 Å². The second-order valence-electron chi connectivity index (χ2n) is 2.88. The molecule has 0 saturated carbocycles. The minimum absolute atomic E-state index is 0.0252. The fourth-order valence-electron chi connectivity index (χ4n) is 1.23. The summed E-state index contributed by atoms with van der Waals surface area (Å²) in [5, 5.41) is 12.8. The Morgan fingerprint density at radius 3 is 2.93 bits per heavy atom. The number of carbonyl (C=O) groups is 1. The van der Waals surface area contributed by atoms with Gasteiger partial charge in [0, 0.05) is 10.6 Å². The first-order valence-electron chi connectivity index (χ1n) is 4.12. The third-order valence-corrected chi connectivity index (χ3v) is 2.12. The van der Waals surface area contributed by atoms with E-state index in [0.717, 1.165) is 0 Å². The number of aromatic nitrogens is 1. The van der Waals surface area contributed by atoms with E-state index in [1.165, 1.54) is 6.20 Å². The van der Waals surface area contributed by atoms with Gasteiger partial charge in [-0.25, -0.2) is 4.79 Å². The normalized spacial score (nSPS) is 10.2. The maximum absolute atomic E-state index is 10.8. The van der Waals surface area contributed by atoms with Crippen molar-refractivity contribution in [3.63, 3.8) is 0 Å². The van der Waals surface area contributed by atoms with Gasteiger partial charge in [-0.1, -0.05) is 28.9 Å². The quantitative estimate of drug-likeness (QED) is 0.850. The van der Waals surface area contributed by atoms with E-state index >= 15 is 0 Å². The molecule has 2 aromatic rings. The highest BCUT2D eigenvalue weighted by atomic mass is 35.5. The topological polar surface area (TPSA) is 63.3 Å². The molecule has 0 radical (unpaired) electrons. The van der Waals surface area contributed by atoms with Gasteiger partial charge < -0.3 is 9.63 Å². The van der Waals surface area contributed by atoms with E-state index in [9.17, 15) is 4.79 Å². The van der Waals surface area contributed by atoms with Crippen molar-refractivity contribution in [3.8, 4) is 11.3 Å². The lowest BCUT2D eigenvalue weighted by Crippen LogP contribution is -1.95. The van der Waals surface area contributed by atoms with Crippen LogP contribution in [0.4, 0.5) is 0 Å². The zero-order valence-electron chi connectivity index (χ0n) is 7.48. The summed E-state index contributed by atoms with van der Waals surface area (Å²) in [5.41, 5.74) is 0.620. The first kappa shape index (κ1) is 9.73. The second-order valence-corrected chi connectivity index (χ2v) is 3.32. The van der Waals surface area contributed by atoms with Crippen molar-refractivity contribution in [2.24, 2.45) is 0 Å². The van der Waals surface area contributed by atoms with Crippen LogP contribution in [0.1, 0.15) is 10.4 Å². The van der Waals surface area contributed by atoms with E-state index in [-0.39, 0.29) is 11.3 Å². The minimum Gasteiger partial charge on any atom is -0.477 e. The summed E-state index contributed by atoms with van der Waals surface area (Å²) < 4.78 is 4.88. The van der Waals surface area contributed by atoms with E-state index in [4.69, 9.17) is 21.2 Å². The molecule has 0 bridgehead atoms. The summed E-state index contributed by atoms with van der Waals surface area (Å²) >= 11 is 5.78. The maximum Gasteiger partial charge on any atom is 0.341 e. The summed E-state index contributed by atoms with van der Waals surface area (Å²) in [5.74, 6) is -0.865. The molecule has 0 aliphatic heterocycles. The van der Waals surface area contributed by atoms with Crippen LogP contribution in [0.5, 0.6) is 0 Å². The Hall–Kier alpha value is -1.81. The van der Waals surface area contributed by atoms with Crippen molar-refractivity contribution in [2.45, 2.75) is 0 Å². The fourth-order valence-corrected chi connectivity index (χ4v) is 1.42. The van der Waals surface area contributed by atoms with Crippen molar-refractivity contribution in [2.75, 3.05) is 0 Å². The Morgan fingerprint density at radius 2 is 2.27 bits per heavy atom. The predicted molar refractivity (Wildman–Crippen MR) is 53.9 cm³/mol. The summed E-state index contributed by atoms with van der Waals surface area (Å²) in [7, 11) is 0. The third kappa shape index (κ3) is 1.85. The Bertz CT molecular complexity index is 507. The number of nitrogens with zero attached hydrogens (tertiary/aromatic N) is 1. The number of hydrogen-bond donors (Lipinski definition) is 1. The zero-order chi connectivity index (χ0) is 10.8. The van der Waals surface area contributed by atoms with Gasteiger partial charge in [0.2, 0.25) is 0 Å². The first-order valence-corrected chi connectivity index (χ1v) is 4.50. The summed E-state index contributed by atoms with van der Waals surface area (Å²) in [4.78, 5) is 10.8. The number of halogens is 1. The molecule has 0 amide bonds. The fraction of sp³-hybridized carbons (Fsp3) is 0. The average Bonchev–Trinajstić information content (AvgIpc) is 2.65. The standard InChI is InChI=1S/C10H6ClNO3/c11-7-3-1-2-6(4-7)9-8(10(13)14)5-12-15-9/h1-5H,(H,13,14). The van der Waals surface area contributed by atoms with Crippen molar-refractivity contribution in [1.29, 1.82) is 0 Å². The van der Waals surface area contributed by atoms with Crippen molar-refractivity contribution >= 4 is 17.6 Å². The molecule has 0 saturated heterocycles. The molecule has 76 valence electrons. The second kappa shape index (κ2) is 3.74. The smallest absolute Gasteiger partial charge is 0.341 e. The Labute approximate surface area is 90.1 Å². The minimum atomic E-state index is -1.08. The van der Waals surface area contributed by atoms with Crippen LogP contribution in [-0.2, 0) is 0 Å². The molecule has 0 aliphatic rings. The highest BCUT2D eigenvalue weighted by molar-refractivity contribution is 6.30. The number of aromatic carboxylic acids is 1. The molecule has 0 atom stereocenters. The predicted octanol–water partition coefficient (Wildman–Crippen LogP) is 2.69. The van der Waals surface area contributed by atoms with Crippen LogP contribution < -0.4 is 0 Å². The lowest BCUT2D eigenvalue weighted by atomic mass is 10.1. The Kier molecular flexibility index (Phi) is 2.43. The van der Waals surface area contributed by atoms with Gasteiger partial charge in [-0.05, 0) is 12.1 Å². The zero-order valence-corrected chi connectivity index (χ0v) is 8.23. The molecule has 1 aromatic carbocycles.